The highest BCUT2D eigenvalue weighted by Crippen LogP contribution is 2.24. The number of hydrogen-bond acceptors (Lipinski definition) is 6. The largest absolute Gasteiger partial charge is 0.858 e. The number of hydrogen-bond donors (Lipinski definition) is 1. The number of nitrogens with one attached hydrogen (secondary N) is 1. The van der Waals surface area contributed by atoms with Crippen molar-refractivity contribution >= 4 is 22.4 Å². The summed E-state index contributed by atoms with van der Waals surface area (Å²) in [4.78, 5) is 20.4. The van der Waals surface area contributed by atoms with Gasteiger partial charge in [-0.2, -0.15) is 0 Å². The highest BCUT2D eigenvalue weighted by molar-refractivity contribution is 7.13. The van der Waals surface area contributed by atoms with Crippen LogP contribution in [-0.2, 0) is 0 Å². The van der Waals surface area contributed by atoms with Gasteiger partial charge in [-0.3, -0.25) is 4.52 Å². The van der Waals surface area contributed by atoms with Gasteiger partial charge in [-0.15, -0.1) is 11.3 Å². The molecule has 0 unspecified atom stereocenters. The predicted molar refractivity (Wildman–Crippen MR) is 94.6 cm³/mol. The van der Waals surface area contributed by atoms with E-state index in [9.17, 15) is 9.90 Å². The van der Waals surface area contributed by atoms with Crippen LogP contribution in [-0.4, -0.2) is 16.2 Å². The molecule has 7 nitrogen and oxygen atoms in total. The Morgan fingerprint density at radius 2 is 1.81 bits per heavy atom. The number of para-hydroxylation sites is 1. The molecule has 0 saturated carbocycles. The molecule has 2 heterocycles. The van der Waals surface area contributed by atoms with Crippen LogP contribution in [0.1, 0.15) is 5.56 Å². The normalized spacial score (nSPS) is 11.6. The summed E-state index contributed by atoms with van der Waals surface area (Å²) < 4.78 is 6.41. The Hall–Kier alpha value is -3.52. The van der Waals surface area contributed by atoms with E-state index in [0.717, 1.165) is 5.69 Å². The molecule has 26 heavy (non-hydrogen) atoms. The number of aliphatic imine (C=N–C) groups is 1. The lowest BCUT2D eigenvalue weighted by Gasteiger charge is -2.08. The standard InChI is InChI=1S/C18H12N4O3S/c23-16(12-7-3-1-4-8-12)20-18-19-14(11-26-18)15-17(24)25-21-22(15)13-9-5-2-6-10-13/h1-11H,(H-,19,20,21,23,24). The minimum absolute atomic E-state index is 0.237. The fourth-order valence-corrected chi connectivity index (χ4v) is 3.07. The van der Waals surface area contributed by atoms with Crippen LogP contribution in [0.15, 0.2) is 80.4 Å². The topological polar surface area (TPSA) is 98.2 Å². The van der Waals surface area contributed by atoms with E-state index in [1.54, 1.807) is 29.6 Å². The highest BCUT2D eigenvalue weighted by Gasteiger charge is 2.27. The third kappa shape index (κ3) is 3.05. The first-order valence-electron chi connectivity index (χ1n) is 7.68. The first-order chi connectivity index (χ1) is 12.7. The first-order valence-corrected chi connectivity index (χ1v) is 8.56. The van der Waals surface area contributed by atoms with Crippen LogP contribution in [0.25, 0.3) is 17.1 Å². The van der Waals surface area contributed by atoms with Crippen molar-refractivity contribution in [1.82, 2.24) is 10.3 Å². The van der Waals surface area contributed by atoms with Crippen LogP contribution in [0, 0.1) is 0 Å². The first kappa shape index (κ1) is 16.0. The number of rotatable bonds is 4. The van der Waals surface area contributed by atoms with Gasteiger partial charge < -0.3 is 5.11 Å². The lowest BCUT2D eigenvalue weighted by molar-refractivity contribution is -0.660. The molecule has 8 heteroatoms. The summed E-state index contributed by atoms with van der Waals surface area (Å²) in [7, 11) is 0. The van der Waals surface area contributed by atoms with Gasteiger partial charge in [0, 0.05) is 17.5 Å². The van der Waals surface area contributed by atoms with Crippen molar-refractivity contribution in [2.75, 3.05) is 0 Å². The van der Waals surface area contributed by atoms with Crippen molar-refractivity contribution in [3.8, 4) is 17.1 Å². The smallest absolute Gasteiger partial charge is 0.437 e. The van der Waals surface area contributed by atoms with Gasteiger partial charge in [0.25, 0.3) is 0 Å². The van der Waals surface area contributed by atoms with E-state index in [4.69, 9.17) is 4.52 Å². The Balaban J connectivity index is 1.72. The molecule has 128 valence electrons. The van der Waals surface area contributed by atoms with Gasteiger partial charge in [0.15, 0.2) is 5.69 Å². The highest BCUT2D eigenvalue weighted by atomic mass is 32.1. The Kier molecular flexibility index (Phi) is 4.16. The molecule has 0 bridgehead atoms. The molecule has 0 fully saturated rings. The summed E-state index contributed by atoms with van der Waals surface area (Å²) in [6.45, 7) is 0. The van der Waals surface area contributed by atoms with Crippen LogP contribution >= 0.6 is 11.3 Å². The van der Waals surface area contributed by atoms with E-state index in [0.29, 0.717) is 11.3 Å². The molecule has 0 amide bonds. The fraction of sp³-hybridized carbons (Fsp3) is 0. The van der Waals surface area contributed by atoms with E-state index >= 15 is 0 Å². The maximum absolute atomic E-state index is 12.2. The van der Waals surface area contributed by atoms with E-state index in [2.05, 4.69) is 15.2 Å². The van der Waals surface area contributed by atoms with Crippen molar-refractivity contribution in [3.05, 3.63) is 82.0 Å². The third-order valence-electron chi connectivity index (χ3n) is 3.61. The quantitative estimate of drug-likeness (QED) is 0.339. The van der Waals surface area contributed by atoms with Gasteiger partial charge in [-0.1, -0.05) is 48.5 Å². The van der Waals surface area contributed by atoms with Crippen molar-refractivity contribution in [2.45, 2.75) is 0 Å². The number of thiazole rings is 1. The van der Waals surface area contributed by atoms with Gasteiger partial charge in [-0.25, -0.2) is 14.8 Å². The molecule has 1 N–H and O–H groups in total. The van der Waals surface area contributed by atoms with Crippen LogP contribution in [0.4, 0.5) is 5.13 Å². The molecular formula is C18H12N4O3S. The van der Waals surface area contributed by atoms with Crippen LogP contribution in [0.3, 0.4) is 0 Å². The second-order valence-electron chi connectivity index (χ2n) is 5.30. The van der Waals surface area contributed by atoms with Crippen LogP contribution in [0.2, 0.25) is 0 Å². The number of benzene rings is 2. The van der Waals surface area contributed by atoms with E-state index in [1.165, 1.54) is 16.0 Å². The molecule has 2 aromatic carbocycles. The van der Waals surface area contributed by atoms with Crippen LogP contribution < -0.4 is 15.4 Å². The monoisotopic (exact) mass is 364 g/mol. The Bertz CT molecular complexity index is 1110. The van der Waals surface area contributed by atoms with Crippen LogP contribution in [0.5, 0.6) is 0 Å². The van der Waals surface area contributed by atoms with E-state index in [-0.39, 0.29) is 16.7 Å². The van der Waals surface area contributed by atoms with E-state index in [1.807, 2.05) is 36.4 Å². The summed E-state index contributed by atoms with van der Waals surface area (Å²) in [5.74, 6) is -0.386. The van der Waals surface area contributed by atoms with Crippen molar-refractivity contribution in [1.29, 1.82) is 0 Å². The number of aromatic amines is 1. The molecule has 4 aromatic rings. The fourth-order valence-electron chi connectivity index (χ4n) is 2.41. The molecule has 0 radical (unpaired) electrons. The summed E-state index contributed by atoms with van der Waals surface area (Å²) in [5, 5.41) is 16.7. The maximum atomic E-state index is 12.2. The minimum Gasteiger partial charge on any atom is -0.858 e. The zero-order valence-electron chi connectivity index (χ0n) is 13.3. The van der Waals surface area contributed by atoms with Crippen molar-refractivity contribution in [3.63, 3.8) is 0 Å². The zero-order chi connectivity index (χ0) is 17.9. The molecule has 0 spiro atoms. The summed E-state index contributed by atoms with van der Waals surface area (Å²) >= 11 is 1.18. The molecule has 2 aromatic heterocycles. The molecular weight excluding hydrogens is 352 g/mol. The van der Waals surface area contributed by atoms with Crippen molar-refractivity contribution in [2.24, 2.45) is 4.99 Å². The molecule has 0 aliphatic rings. The second-order valence-corrected chi connectivity index (χ2v) is 6.14. The summed E-state index contributed by atoms with van der Waals surface area (Å²) in [6, 6.07) is 17.9. The van der Waals surface area contributed by atoms with Gasteiger partial charge in [0.1, 0.15) is 0 Å². The molecule has 0 saturated heterocycles. The van der Waals surface area contributed by atoms with Gasteiger partial charge >= 0.3 is 11.3 Å². The summed E-state index contributed by atoms with van der Waals surface area (Å²) in [6.07, 6.45) is 0. The van der Waals surface area contributed by atoms with Gasteiger partial charge in [0.2, 0.25) is 10.8 Å². The number of H-pyrrole nitrogens is 1. The average molecular weight is 364 g/mol. The number of aromatic nitrogens is 3. The minimum atomic E-state index is -0.555. The lowest BCUT2D eigenvalue weighted by atomic mass is 10.2. The third-order valence-corrected chi connectivity index (χ3v) is 4.35. The SMILES string of the molecule is O=c1o[nH][n+](-c2ccccc2)c1-c1csc(/N=C(\[O-])c2ccccc2)n1. The number of nitrogens with zero attached hydrogens (tertiary/aromatic N) is 3. The maximum Gasteiger partial charge on any atom is 0.437 e. The lowest BCUT2D eigenvalue weighted by Crippen LogP contribution is -2.36. The second kappa shape index (κ2) is 6.77. The summed E-state index contributed by atoms with van der Waals surface area (Å²) in [5.41, 5.74) is 1.26. The average Bonchev–Trinajstić information content (AvgIpc) is 3.29. The van der Waals surface area contributed by atoms with Crippen molar-refractivity contribution < 1.29 is 14.3 Å². The van der Waals surface area contributed by atoms with Gasteiger partial charge in [0.05, 0.1) is 0 Å². The molecule has 0 atom stereocenters. The Morgan fingerprint density at radius 3 is 2.54 bits per heavy atom. The molecule has 4 rings (SSSR count). The van der Waals surface area contributed by atoms with Gasteiger partial charge in [-0.05, 0) is 21.4 Å². The zero-order valence-corrected chi connectivity index (χ0v) is 14.1. The Labute approximate surface area is 151 Å². The molecule has 0 aliphatic heterocycles. The molecule has 0 aliphatic carbocycles. The van der Waals surface area contributed by atoms with E-state index < -0.39 is 5.63 Å². The Morgan fingerprint density at radius 1 is 1.12 bits per heavy atom. The predicted octanol–water partition coefficient (Wildman–Crippen LogP) is 1.81.